The highest BCUT2D eigenvalue weighted by atomic mass is 16.5. The highest BCUT2D eigenvalue weighted by molar-refractivity contribution is 5.65. The minimum atomic E-state index is 0.379. The van der Waals surface area contributed by atoms with E-state index in [1.807, 2.05) is 24.3 Å². The van der Waals surface area contributed by atoms with Crippen LogP contribution in [0.4, 0.5) is 17.3 Å². The van der Waals surface area contributed by atoms with E-state index < -0.39 is 0 Å². The molecule has 5 heteroatoms. The van der Waals surface area contributed by atoms with E-state index in [4.69, 9.17) is 10.5 Å². The monoisotopic (exact) mass is 230 g/mol. The van der Waals surface area contributed by atoms with Crippen LogP contribution in [0.25, 0.3) is 0 Å². The van der Waals surface area contributed by atoms with Gasteiger partial charge in [0.15, 0.2) is 11.6 Å². The Morgan fingerprint density at radius 3 is 2.88 bits per heavy atom. The summed E-state index contributed by atoms with van der Waals surface area (Å²) in [5.41, 5.74) is 7.70. The number of hydrogen-bond donors (Lipinski definition) is 2. The van der Waals surface area contributed by atoms with Crippen LogP contribution < -0.4 is 11.1 Å². The van der Waals surface area contributed by atoms with Crippen LogP contribution in [0.15, 0.2) is 36.7 Å². The first-order chi connectivity index (χ1) is 8.29. The zero-order chi connectivity index (χ0) is 12.1. The van der Waals surface area contributed by atoms with Gasteiger partial charge in [-0.15, -0.1) is 0 Å². The third kappa shape index (κ3) is 2.92. The van der Waals surface area contributed by atoms with Crippen molar-refractivity contribution in [3.63, 3.8) is 0 Å². The molecule has 1 aromatic heterocycles. The van der Waals surface area contributed by atoms with Crippen molar-refractivity contribution in [1.29, 1.82) is 0 Å². The highest BCUT2D eigenvalue weighted by Crippen LogP contribution is 2.19. The van der Waals surface area contributed by atoms with Gasteiger partial charge in [-0.2, -0.15) is 0 Å². The molecule has 0 aliphatic carbocycles. The number of nitrogens with one attached hydrogen (secondary N) is 1. The maximum absolute atomic E-state index is 5.70. The summed E-state index contributed by atoms with van der Waals surface area (Å²) >= 11 is 0. The van der Waals surface area contributed by atoms with E-state index in [1.165, 1.54) is 0 Å². The maximum atomic E-state index is 5.70. The largest absolute Gasteiger partial charge is 0.381 e. The lowest BCUT2D eigenvalue weighted by atomic mass is 10.2. The Labute approximate surface area is 99.7 Å². The van der Waals surface area contributed by atoms with Crippen LogP contribution in [0.1, 0.15) is 5.56 Å². The number of nitrogens with two attached hydrogens (primary N) is 1. The summed E-state index contributed by atoms with van der Waals surface area (Å²) in [4.78, 5) is 8.08. The smallest absolute Gasteiger partial charge is 0.173 e. The Hall–Kier alpha value is -2.14. The van der Waals surface area contributed by atoms with Crippen LogP contribution >= 0.6 is 0 Å². The molecule has 0 spiro atoms. The molecule has 5 nitrogen and oxygen atoms in total. The fourth-order valence-corrected chi connectivity index (χ4v) is 1.49. The number of benzene rings is 1. The number of anilines is 3. The maximum Gasteiger partial charge on any atom is 0.173 e. The third-order valence-corrected chi connectivity index (χ3v) is 2.23. The normalized spacial score (nSPS) is 10.2. The second kappa shape index (κ2) is 5.27. The summed E-state index contributed by atoms with van der Waals surface area (Å²) in [5, 5.41) is 3.12. The molecule has 1 heterocycles. The molecular formula is C12H14N4O. The van der Waals surface area contributed by atoms with Crippen LogP contribution in [0.3, 0.4) is 0 Å². The Morgan fingerprint density at radius 1 is 1.29 bits per heavy atom. The molecule has 0 saturated heterocycles. The van der Waals surface area contributed by atoms with Gasteiger partial charge in [0.1, 0.15) is 0 Å². The summed E-state index contributed by atoms with van der Waals surface area (Å²) in [5.74, 6) is 0.937. The predicted octanol–water partition coefficient (Wildman–Crippen LogP) is 1.95. The van der Waals surface area contributed by atoms with E-state index >= 15 is 0 Å². The van der Waals surface area contributed by atoms with E-state index in [1.54, 1.807) is 19.5 Å². The first kappa shape index (κ1) is 11.3. The summed E-state index contributed by atoms with van der Waals surface area (Å²) in [6.07, 6.45) is 3.15. The van der Waals surface area contributed by atoms with Crippen LogP contribution in [-0.4, -0.2) is 17.1 Å². The number of aromatic nitrogens is 2. The van der Waals surface area contributed by atoms with Crippen molar-refractivity contribution in [2.75, 3.05) is 18.2 Å². The van der Waals surface area contributed by atoms with E-state index in [-0.39, 0.29) is 0 Å². The fraction of sp³-hybridized carbons (Fsp3) is 0.167. The van der Waals surface area contributed by atoms with Gasteiger partial charge in [-0.05, 0) is 17.7 Å². The molecule has 17 heavy (non-hydrogen) atoms. The fourth-order valence-electron chi connectivity index (χ4n) is 1.49. The first-order valence-electron chi connectivity index (χ1n) is 5.21. The molecule has 0 fully saturated rings. The highest BCUT2D eigenvalue weighted by Gasteiger charge is 2.01. The van der Waals surface area contributed by atoms with E-state index in [0.717, 1.165) is 11.3 Å². The molecule has 3 N–H and O–H groups in total. The molecule has 2 rings (SSSR count). The molecule has 0 amide bonds. The van der Waals surface area contributed by atoms with Crippen molar-refractivity contribution < 1.29 is 4.74 Å². The van der Waals surface area contributed by atoms with E-state index in [2.05, 4.69) is 15.3 Å². The molecule has 0 bridgehead atoms. The average molecular weight is 230 g/mol. The number of methoxy groups -OCH3 is 1. The third-order valence-electron chi connectivity index (χ3n) is 2.23. The summed E-state index contributed by atoms with van der Waals surface area (Å²) in [7, 11) is 1.67. The standard InChI is InChI=1S/C12H14N4O/c1-17-8-9-3-2-4-10(7-9)16-12-11(13)14-5-6-15-12/h2-7H,8H2,1H3,(H2,13,14)(H,15,16). The molecule has 2 aromatic rings. The molecule has 0 aliphatic rings. The molecule has 0 radical (unpaired) electrons. The van der Waals surface area contributed by atoms with Crippen LogP contribution in [0.5, 0.6) is 0 Å². The zero-order valence-corrected chi connectivity index (χ0v) is 9.55. The number of rotatable bonds is 4. The van der Waals surface area contributed by atoms with Gasteiger partial charge >= 0.3 is 0 Å². The topological polar surface area (TPSA) is 73.1 Å². The predicted molar refractivity (Wildman–Crippen MR) is 66.9 cm³/mol. The Morgan fingerprint density at radius 2 is 2.12 bits per heavy atom. The Balaban J connectivity index is 2.18. The van der Waals surface area contributed by atoms with Gasteiger partial charge in [-0.25, -0.2) is 9.97 Å². The van der Waals surface area contributed by atoms with Gasteiger partial charge in [0, 0.05) is 25.2 Å². The lowest BCUT2D eigenvalue weighted by Crippen LogP contribution is -2.01. The second-order valence-corrected chi connectivity index (χ2v) is 3.55. The average Bonchev–Trinajstić information content (AvgIpc) is 2.33. The van der Waals surface area contributed by atoms with Gasteiger partial charge in [0.2, 0.25) is 0 Å². The number of nitrogens with zero attached hydrogens (tertiary/aromatic N) is 2. The van der Waals surface area contributed by atoms with Crippen LogP contribution in [-0.2, 0) is 11.3 Å². The van der Waals surface area contributed by atoms with Crippen molar-refractivity contribution in [2.45, 2.75) is 6.61 Å². The molecule has 0 unspecified atom stereocenters. The molecule has 0 saturated carbocycles. The van der Waals surface area contributed by atoms with Gasteiger partial charge < -0.3 is 15.8 Å². The van der Waals surface area contributed by atoms with Crippen molar-refractivity contribution in [3.8, 4) is 0 Å². The quantitative estimate of drug-likeness (QED) is 0.839. The number of nitrogen functional groups attached to an aromatic ring is 1. The first-order valence-corrected chi connectivity index (χ1v) is 5.21. The Kier molecular flexibility index (Phi) is 3.52. The summed E-state index contributed by atoms with van der Waals surface area (Å²) in [6.45, 7) is 0.575. The SMILES string of the molecule is COCc1cccc(Nc2nccnc2N)c1. The number of hydrogen-bond acceptors (Lipinski definition) is 5. The van der Waals surface area contributed by atoms with Gasteiger partial charge in [-0.3, -0.25) is 0 Å². The van der Waals surface area contributed by atoms with E-state index in [9.17, 15) is 0 Å². The minimum absolute atomic E-state index is 0.379. The molecule has 0 aliphatic heterocycles. The van der Waals surface area contributed by atoms with Gasteiger partial charge in [-0.1, -0.05) is 12.1 Å². The lowest BCUT2D eigenvalue weighted by Gasteiger charge is -2.08. The molecule has 88 valence electrons. The summed E-state index contributed by atoms with van der Waals surface area (Å²) < 4.78 is 5.08. The molecular weight excluding hydrogens is 216 g/mol. The van der Waals surface area contributed by atoms with Crippen molar-refractivity contribution in [3.05, 3.63) is 42.2 Å². The van der Waals surface area contributed by atoms with Gasteiger partial charge in [0.25, 0.3) is 0 Å². The van der Waals surface area contributed by atoms with Crippen LogP contribution in [0.2, 0.25) is 0 Å². The van der Waals surface area contributed by atoms with E-state index in [0.29, 0.717) is 18.2 Å². The zero-order valence-electron chi connectivity index (χ0n) is 9.55. The lowest BCUT2D eigenvalue weighted by molar-refractivity contribution is 0.185. The molecule has 0 atom stereocenters. The van der Waals surface area contributed by atoms with Crippen LogP contribution in [0, 0.1) is 0 Å². The van der Waals surface area contributed by atoms with Gasteiger partial charge in [0.05, 0.1) is 6.61 Å². The summed E-state index contributed by atoms with van der Waals surface area (Å²) in [6, 6.07) is 7.86. The second-order valence-electron chi connectivity index (χ2n) is 3.55. The molecule has 1 aromatic carbocycles. The van der Waals surface area contributed by atoms with Crippen molar-refractivity contribution in [2.24, 2.45) is 0 Å². The number of ether oxygens (including phenoxy) is 1. The van der Waals surface area contributed by atoms with Crippen molar-refractivity contribution in [1.82, 2.24) is 9.97 Å². The minimum Gasteiger partial charge on any atom is -0.381 e. The Bertz CT molecular complexity index is 501. The van der Waals surface area contributed by atoms with Crippen molar-refractivity contribution >= 4 is 17.3 Å².